The molecule has 1 N–H and O–H groups in total. The average Bonchev–Trinajstić information content (AvgIpc) is 2.74. The van der Waals surface area contributed by atoms with Crippen molar-refractivity contribution in [1.82, 2.24) is 4.98 Å². The van der Waals surface area contributed by atoms with Gasteiger partial charge in [0, 0.05) is 39.9 Å². The number of amides is 1. The molecule has 0 atom stereocenters. The van der Waals surface area contributed by atoms with E-state index in [0.29, 0.717) is 39.6 Å². The highest BCUT2D eigenvalue weighted by Crippen LogP contribution is 2.31. The number of halogens is 2. The van der Waals surface area contributed by atoms with E-state index in [1.54, 1.807) is 49.8 Å². The summed E-state index contributed by atoms with van der Waals surface area (Å²) in [5, 5.41) is 4.07. The van der Waals surface area contributed by atoms with Gasteiger partial charge in [0.05, 0.1) is 12.9 Å². The molecule has 8 heteroatoms. The van der Waals surface area contributed by atoms with Gasteiger partial charge < -0.3 is 14.8 Å². The number of nitrogens with one attached hydrogen (secondary N) is 1. The first-order chi connectivity index (χ1) is 14.5. The molecule has 0 fully saturated rings. The second-order valence-electron chi connectivity index (χ2n) is 6.29. The molecule has 0 bridgehead atoms. The second kappa shape index (κ2) is 11.1. The number of carbonyl (C=O) groups excluding carboxylic acids is 1. The molecule has 0 aliphatic carbocycles. The SMILES string of the molecule is COc1ccc(NC(=O)CSCc2ccc(Cl)cc2Cl)cc1OCc1ccncc1. The van der Waals surface area contributed by atoms with Crippen LogP contribution in [0.4, 0.5) is 5.69 Å². The number of hydrogen-bond donors (Lipinski definition) is 1. The van der Waals surface area contributed by atoms with Crippen LogP contribution in [0, 0.1) is 0 Å². The lowest BCUT2D eigenvalue weighted by atomic mass is 10.2. The number of rotatable bonds is 9. The standard InChI is InChI=1S/C22H20Cl2N2O3S/c1-28-20-5-4-18(11-21(20)29-12-15-6-8-25-9-7-15)26-22(27)14-30-13-16-2-3-17(23)10-19(16)24/h2-11H,12-14H2,1H3,(H,26,27). The Bertz CT molecular complexity index is 1000. The largest absolute Gasteiger partial charge is 0.493 e. The lowest BCUT2D eigenvalue weighted by Gasteiger charge is -2.13. The summed E-state index contributed by atoms with van der Waals surface area (Å²) in [5.41, 5.74) is 2.56. The third-order valence-corrected chi connectivity index (χ3v) is 5.67. The lowest BCUT2D eigenvalue weighted by Crippen LogP contribution is -2.14. The highest BCUT2D eigenvalue weighted by Gasteiger charge is 2.10. The Hall–Kier alpha value is -2.41. The van der Waals surface area contributed by atoms with E-state index in [-0.39, 0.29) is 11.7 Å². The quantitative estimate of drug-likeness (QED) is 0.432. The van der Waals surface area contributed by atoms with Crippen LogP contribution in [0.5, 0.6) is 11.5 Å². The van der Waals surface area contributed by atoms with Crippen molar-refractivity contribution in [3.05, 3.63) is 82.1 Å². The molecule has 30 heavy (non-hydrogen) atoms. The Balaban J connectivity index is 1.55. The van der Waals surface area contributed by atoms with Gasteiger partial charge in [0.25, 0.3) is 0 Å². The monoisotopic (exact) mass is 462 g/mol. The molecule has 5 nitrogen and oxygen atoms in total. The minimum Gasteiger partial charge on any atom is -0.493 e. The molecule has 1 heterocycles. The number of anilines is 1. The number of pyridine rings is 1. The molecule has 156 valence electrons. The zero-order chi connectivity index (χ0) is 21.3. The minimum atomic E-state index is -0.115. The van der Waals surface area contributed by atoms with Gasteiger partial charge in [-0.05, 0) is 47.5 Å². The lowest BCUT2D eigenvalue weighted by molar-refractivity contribution is -0.113. The number of benzene rings is 2. The van der Waals surface area contributed by atoms with E-state index in [2.05, 4.69) is 10.3 Å². The molecule has 0 unspecified atom stereocenters. The fourth-order valence-electron chi connectivity index (χ4n) is 2.60. The van der Waals surface area contributed by atoms with E-state index >= 15 is 0 Å². The fourth-order valence-corrected chi connectivity index (χ4v) is 3.98. The molecule has 1 aromatic heterocycles. The molecule has 0 saturated carbocycles. The van der Waals surface area contributed by atoms with E-state index in [1.807, 2.05) is 18.2 Å². The van der Waals surface area contributed by atoms with Crippen molar-refractivity contribution in [1.29, 1.82) is 0 Å². The number of methoxy groups -OCH3 is 1. The van der Waals surface area contributed by atoms with Crippen molar-refractivity contribution in [2.45, 2.75) is 12.4 Å². The summed E-state index contributed by atoms with van der Waals surface area (Å²) in [6.07, 6.45) is 3.42. The topological polar surface area (TPSA) is 60.5 Å². The molecule has 0 aliphatic rings. The van der Waals surface area contributed by atoms with Crippen LogP contribution in [-0.2, 0) is 17.2 Å². The molecule has 0 aliphatic heterocycles. The van der Waals surface area contributed by atoms with Gasteiger partial charge in [-0.1, -0.05) is 29.3 Å². The highest BCUT2D eigenvalue weighted by molar-refractivity contribution is 7.99. The summed E-state index contributed by atoms with van der Waals surface area (Å²) in [7, 11) is 1.57. The summed E-state index contributed by atoms with van der Waals surface area (Å²) < 4.78 is 11.2. The summed E-state index contributed by atoms with van der Waals surface area (Å²) in [6, 6.07) is 14.4. The molecular weight excluding hydrogens is 443 g/mol. The van der Waals surface area contributed by atoms with E-state index in [0.717, 1.165) is 11.1 Å². The van der Waals surface area contributed by atoms with Crippen molar-refractivity contribution in [2.24, 2.45) is 0 Å². The van der Waals surface area contributed by atoms with Crippen molar-refractivity contribution in [2.75, 3.05) is 18.2 Å². The van der Waals surface area contributed by atoms with Crippen LogP contribution in [0.25, 0.3) is 0 Å². The second-order valence-corrected chi connectivity index (χ2v) is 8.12. The molecule has 0 saturated heterocycles. The third kappa shape index (κ3) is 6.55. The molecule has 1 amide bonds. The number of hydrogen-bond acceptors (Lipinski definition) is 5. The summed E-state index contributed by atoms with van der Waals surface area (Å²) in [6.45, 7) is 0.369. The zero-order valence-electron chi connectivity index (χ0n) is 16.2. The number of ether oxygens (including phenoxy) is 2. The van der Waals surface area contributed by atoms with Crippen LogP contribution in [0.3, 0.4) is 0 Å². The Kier molecular flexibility index (Phi) is 8.25. The van der Waals surface area contributed by atoms with Gasteiger partial charge in [-0.3, -0.25) is 9.78 Å². The maximum absolute atomic E-state index is 12.3. The van der Waals surface area contributed by atoms with Crippen LogP contribution < -0.4 is 14.8 Å². The first-order valence-electron chi connectivity index (χ1n) is 9.06. The highest BCUT2D eigenvalue weighted by atomic mass is 35.5. The van der Waals surface area contributed by atoms with Crippen LogP contribution in [-0.4, -0.2) is 23.8 Å². The van der Waals surface area contributed by atoms with E-state index in [1.165, 1.54) is 11.8 Å². The Morgan fingerprint density at radius 1 is 1.07 bits per heavy atom. The Labute approximate surface area is 189 Å². The first-order valence-corrected chi connectivity index (χ1v) is 11.0. The molecular formula is C22H20Cl2N2O3S. The number of aromatic nitrogens is 1. The molecule has 0 radical (unpaired) electrons. The van der Waals surface area contributed by atoms with Gasteiger partial charge in [-0.2, -0.15) is 0 Å². The Morgan fingerprint density at radius 2 is 1.87 bits per heavy atom. The fraction of sp³-hybridized carbons (Fsp3) is 0.182. The van der Waals surface area contributed by atoms with Gasteiger partial charge in [0.15, 0.2) is 11.5 Å². The van der Waals surface area contributed by atoms with Crippen molar-refractivity contribution in [3.8, 4) is 11.5 Å². The number of thioether (sulfide) groups is 1. The Morgan fingerprint density at radius 3 is 2.60 bits per heavy atom. The summed E-state index contributed by atoms with van der Waals surface area (Å²) in [4.78, 5) is 16.3. The minimum absolute atomic E-state index is 0.115. The summed E-state index contributed by atoms with van der Waals surface area (Å²) >= 11 is 13.5. The van der Waals surface area contributed by atoms with Gasteiger partial charge in [0.1, 0.15) is 6.61 Å². The maximum Gasteiger partial charge on any atom is 0.234 e. The predicted molar refractivity (Wildman–Crippen MR) is 123 cm³/mol. The molecule has 3 aromatic rings. The van der Waals surface area contributed by atoms with E-state index in [9.17, 15) is 4.79 Å². The summed E-state index contributed by atoms with van der Waals surface area (Å²) in [5.74, 6) is 1.93. The molecule has 0 spiro atoms. The number of nitrogens with zero attached hydrogens (tertiary/aromatic N) is 1. The maximum atomic E-state index is 12.3. The average molecular weight is 463 g/mol. The van der Waals surface area contributed by atoms with Crippen LogP contribution >= 0.6 is 35.0 Å². The van der Waals surface area contributed by atoms with Crippen molar-refractivity contribution < 1.29 is 14.3 Å². The van der Waals surface area contributed by atoms with Crippen molar-refractivity contribution >= 4 is 46.6 Å². The van der Waals surface area contributed by atoms with Gasteiger partial charge in [-0.15, -0.1) is 11.8 Å². The smallest absolute Gasteiger partial charge is 0.234 e. The zero-order valence-corrected chi connectivity index (χ0v) is 18.6. The van der Waals surface area contributed by atoms with Crippen LogP contribution in [0.15, 0.2) is 60.9 Å². The number of carbonyl (C=O) groups is 1. The van der Waals surface area contributed by atoms with Gasteiger partial charge in [0.2, 0.25) is 5.91 Å². The van der Waals surface area contributed by atoms with Gasteiger partial charge in [-0.25, -0.2) is 0 Å². The van der Waals surface area contributed by atoms with Crippen LogP contribution in [0.2, 0.25) is 10.0 Å². The van der Waals surface area contributed by atoms with Crippen LogP contribution in [0.1, 0.15) is 11.1 Å². The van der Waals surface area contributed by atoms with Crippen molar-refractivity contribution in [3.63, 3.8) is 0 Å². The van der Waals surface area contributed by atoms with E-state index in [4.69, 9.17) is 32.7 Å². The normalized spacial score (nSPS) is 10.5. The van der Waals surface area contributed by atoms with Gasteiger partial charge >= 0.3 is 0 Å². The van der Waals surface area contributed by atoms with E-state index < -0.39 is 0 Å². The molecule has 3 rings (SSSR count). The first kappa shape index (κ1) is 22.3. The third-order valence-electron chi connectivity index (χ3n) is 4.10. The predicted octanol–water partition coefficient (Wildman–Crippen LogP) is 5.85. The molecule has 2 aromatic carbocycles.